The van der Waals surface area contributed by atoms with Crippen LogP contribution in [0.1, 0.15) is 31.2 Å². The maximum Gasteiger partial charge on any atom is 0.328 e. The number of amides is 1. The van der Waals surface area contributed by atoms with Gasteiger partial charge in [-0.3, -0.25) is 9.59 Å². The first kappa shape index (κ1) is 16.0. The zero-order chi connectivity index (χ0) is 15.8. The van der Waals surface area contributed by atoms with Gasteiger partial charge in [0.2, 0.25) is 5.91 Å². The molecule has 2 rings (SSSR count). The molecule has 0 spiro atoms. The number of rotatable bonds is 7. The summed E-state index contributed by atoms with van der Waals surface area (Å²) in [5.41, 5.74) is 0.930. The average Bonchev–Trinajstić information content (AvgIpc) is 2.97. The molecule has 1 saturated heterocycles. The van der Waals surface area contributed by atoms with E-state index < -0.39 is 12.0 Å². The monoisotopic (exact) mass is 305 g/mol. The van der Waals surface area contributed by atoms with Crippen LogP contribution >= 0.6 is 0 Å². The van der Waals surface area contributed by atoms with E-state index >= 15 is 0 Å². The summed E-state index contributed by atoms with van der Waals surface area (Å²) in [5.74, 6) is -0.899. The van der Waals surface area contributed by atoms with Gasteiger partial charge in [-0.1, -0.05) is 30.3 Å². The van der Waals surface area contributed by atoms with Crippen molar-refractivity contribution in [2.75, 3.05) is 6.61 Å². The molecule has 1 aromatic rings. The summed E-state index contributed by atoms with van der Waals surface area (Å²) < 4.78 is 10.1. The Morgan fingerprint density at radius 3 is 2.64 bits per heavy atom. The molecule has 0 bridgehead atoms. The maximum atomic E-state index is 11.6. The molecule has 1 N–H and O–H groups in total. The molecule has 6 heteroatoms. The minimum Gasteiger partial charge on any atom is -0.464 e. The Balaban J connectivity index is 1.55. The van der Waals surface area contributed by atoms with Gasteiger partial charge in [0.25, 0.3) is 0 Å². The number of carbonyl (C=O) groups excluding carboxylic acids is 3. The third kappa shape index (κ3) is 5.20. The summed E-state index contributed by atoms with van der Waals surface area (Å²) in [6.07, 6.45) is 1.42. The number of carbonyl (C=O) groups is 3. The second kappa shape index (κ2) is 8.17. The van der Waals surface area contributed by atoms with Crippen molar-refractivity contribution in [3.05, 3.63) is 35.9 Å². The fourth-order valence-corrected chi connectivity index (χ4v) is 2.09. The Labute approximate surface area is 128 Å². The summed E-state index contributed by atoms with van der Waals surface area (Å²) in [5, 5.41) is 2.54. The zero-order valence-corrected chi connectivity index (χ0v) is 12.2. The van der Waals surface area contributed by atoms with E-state index in [1.165, 1.54) is 0 Å². The normalized spacial score (nSPS) is 16.9. The molecule has 0 saturated carbocycles. The van der Waals surface area contributed by atoms with E-state index in [2.05, 4.69) is 5.32 Å². The minimum absolute atomic E-state index is 0.133. The predicted octanol–water partition coefficient (Wildman–Crippen LogP) is 1.33. The lowest BCUT2D eigenvalue weighted by molar-refractivity contribution is -0.149. The number of benzene rings is 1. The van der Waals surface area contributed by atoms with Crippen molar-refractivity contribution in [2.24, 2.45) is 0 Å². The molecule has 22 heavy (non-hydrogen) atoms. The van der Waals surface area contributed by atoms with Crippen LogP contribution in [-0.4, -0.2) is 30.5 Å². The SMILES string of the molecule is O=C1CCC(C(=O)OCCCC(=O)OCc2ccccc2)N1. The number of nitrogens with one attached hydrogen (secondary N) is 1. The highest BCUT2D eigenvalue weighted by Gasteiger charge is 2.28. The summed E-state index contributed by atoms with van der Waals surface area (Å²) in [7, 11) is 0. The molecular formula is C16H19NO5. The fraction of sp³-hybridized carbons (Fsp3) is 0.438. The molecule has 1 aliphatic rings. The van der Waals surface area contributed by atoms with Gasteiger partial charge in [-0.2, -0.15) is 0 Å². The second-order valence-corrected chi connectivity index (χ2v) is 5.08. The molecule has 0 aliphatic carbocycles. The molecule has 118 valence electrons. The van der Waals surface area contributed by atoms with E-state index in [1.807, 2.05) is 30.3 Å². The lowest BCUT2D eigenvalue weighted by Gasteiger charge is -2.10. The van der Waals surface area contributed by atoms with Gasteiger partial charge in [0.1, 0.15) is 12.6 Å². The van der Waals surface area contributed by atoms with Gasteiger partial charge in [-0.05, 0) is 18.4 Å². The van der Waals surface area contributed by atoms with Crippen LogP contribution in [0.5, 0.6) is 0 Å². The summed E-state index contributed by atoms with van der Waals surface area (Å²) >= 11 is 0. The molecule has 1 aromatic carbocycles. The summed E-state index contributed by atoms with van der Waals surface area (Å²) in [6.45, 7) is 0.388. The van der Waals surface area contributed by atoms with Crippen molar-refractivity contribution >= 4 is 17.8 Å². The Kier molecular flexibility index (Phi) is 5.94. The average molecular weight is 305 g/mol. The fourth-order valence-electron chi connectivity index (χ4n) is 2.09. The van der Waals surface area contributed by atoms with Crippen molar-refractivity contribution in [2.45, 2.75) is 38.3 Å². The molecule has 1 heterocycles. The highest BCUT2D eigenvalue weighted by atomic mass is 16.5. The lowest BCUT2D eigenvalue weighted by Crippen LogP contribution is -2.34. The molecule has 1 unspecified atom stereocenters. The van der Waals surface area contributed by atoms with Gasteiger partial charge in [0, 0.05) is 12.8 Å². The van der Waals surface area contributed by atoms with Crippen molar-refractivity contribution in [1.29, 1.82) is 0 Å². The molecular weight excluding hydrogens is 286 g/mol. The quantitative estimate of drug-likeness (QED) is 0.607. The molecule has 1 aliphatic heterocycles. The molecule has 1 fully saturated rings. The van der Waals surface area contributed by atoms with E-state index in [4.69, 9.17) is 9.47 Å². The van der Waals surface area contributed by atoms with Crippen molar-refractivity contribution < 1.29 is 23.9 Å². The summed E-state index contributed by atoms with van der Waals surface area (Å²) in [6, 6.07) is 8.87. The first-order valence-electron chi connectivity index (χ1n) is 7.30. The lowest BCUT2D eigenvalue weighted by atomic mass is 10.2. The van der Waals surface area contributed by atoms with Crippen LogP contribution in [0.3, 0.4) is 0 Å². The standard InChI is InChI=1S/C16H19NO5/c18-14-9-8-13(17-14)16(20)21-10-4-7-15(19)22-11-12-5-2-1-3-6-12/h1-3,5-6,13H,4,7-11H2,(H,17,18). The molecule has 1 amide bonds. The van der Waals surface area contributed by atoms with E-state index in [1.54, 1.807) is 0 Å². The van der Waals surface area contributed by atoms with E-state index in [-0.39, 0.29) is 31.5 Å². The van der Waals surface area contributed by atoms with Crippen molar-refractivity contribution in [1.82, 2.24) is 5.32 Å². The minimum atomic E-state index is -0.544. The molecule has 1 atom stereocenters. The van der Waals surface area contributed by atoms with Crippen LogP contribution in [0, 0.1) is 0 Å². The van der Waals surface area contributed by atoms with E-state index in [9.17, 15) is 14.4 Å². The zero-order valence-electron chi connectivity index (χ0n) is 12.2. The third-order valence-corrected chi connectivity index (χ3v) is 3.29. The van der Waals surface area contributed by atoms with Crippen LogP contribution in [0.4, 0.5) is 0 Å². The highest BCUT2D eigenvalue weighted by Crippen LogP contribution is 2.08. The van der Waals surface area contributed by atoms with Crippen LogP contribution in [0.2, 0.25) is 0 Å². The van der Waals surface area contributed by atoms with Gasteiger partial charge < -0.3 is 14.8 Å². The maximum absolute atomic E-state index is 11.6. The first-order valence-corrected chi connectivity index (χ1v) is 7.30. The number of hydrogen-bond acceptors (Lipinski definition) is 5. The predicted molar refractivity (Wildman–Crippen MR) is 77.6 cm³/mol. The Hall–Kier alpha value is -2.37. The van der Waals surface area contributed by atoms with E-state index in [0.717, 1.165) is 5.56 Å². The van der Waals surface area contributed by atoms with Crippen LogP contribution in [0.25, 0.3) is 0 Å². The molecule has 0 aromatic heterocycles. The van der Waals surface area contributed by atoms with Crippen LogP contribution in [0.15, 0.2) is 30.3 Å². The molecule has 6 nitrogen and oxygen atoms in total. The number of hydrogen-bond donors (Lipinski definition) is 1. The Bertz CT molecular complexity index is 529. The van der Waals surface area contributed by atoms with Gasteiger partial charge in [-0.15, -0.1) is 0 Å². The van der Waals surface area contributed by atoms with Gasteiger partial charge in [0.05, 0.1) is 6.61 Å². The number of ether oxygens (including phenoxy) is 2. The topological polar surface area (TPSA) is 81.7 Å². The smallest absolute Gasteiger partial charge is 0.328 e. The van der Waals surface area contributed by atoms with Crippen LogP contribution < -0.4 is 5.32 Å². The Morgan fingerprint density at radius 1 is 1.18 bits per heavy atom. The highest BCUT2D eigenvalue weighted by molar-refractivity contribution is 5.88. The van der Waals surface area contributed by atoms with E-state index in [0.29, 0.717) is 19.3 Å². The number of esters is 2. The second-order valence-electron chi connectivity index (χ2n) is 5.08. The Morgan fingerprint density at radius 2 is 1.95 bits per heavy atom. The third-order valence-electron chi connectivity index (χ3n) is 3.29. The van der Waals surface area contributed by atoms with Gasteiger partial charge in [0.15, 0.2) is 0 Å². The largest absolute Gasteiger partial charge is 0.464 e. The van der Waals surface area contributed by atoms with Crippen LogP contribution in [-0.2, 0) is 30.5 Å². The first-order chi connectivity index (χ1) is 10.6. The van der Waals surface area contributed by atoms with Crippen molar-refractivity contribution in [3.63, 3.8) is 0 Å². The van der Waals surface area contributed by atoms with Gasteiger partial charge in [-0.25, -0.2) is 4.79 Å². The molecule has 0 radical (unpaired) electrons. The summed E-state index contributed by atoms with van der Waals surface area (Å²) in [4.78, 5) is 34.1. The van der Waals surface area contributed by atoms with Crippen molar-refractivity contribution in [3.8, 4) is 0 Å². The van der Waals surface area contributed by atoms with Gasteiger partial charge >= 0.3 is 11.9 Å².